The van der Waals surface area contributed by atoms with E-state index in [4.69, 9.17) is 0 Å². The molecule has 60 heavy (non-hydrogen) atoms. The van der Waals surface area contributed by atoms with Gasteiger partial charge < -0.3 is 9.47 Å². The van der Waals surface area contributed by atoms with Gasteiger partial charge >= 0.3 is 0 Å². The highest BCUT2D eigenvalue weighted by molar-refractivity contribution is 7.00. The summed E-state index contributed by atoms with van der Waals surface area (Å²) in [5.74, 6) is 0. The van der Waals surface area contributed by atoms with Crippen LogP contribution in [0.3, 0.4) is 0 Å². The van der Waals surface area contributed by atoms with Gasteiger partial charge in [-0.1, -0.05) is 176 Å². The van der Waals surface area contributed by atoms with E-state index in [9.17, 15) is 0 Å². The van der Waals surface area contributed by atoms with Gasteiger partial charge in [-0.15, -0.1) is 0 Å². The molecule has 0 fully saturated rings. The molecule has 2 aliphatic heterocycles. The fourth-order valence-corrected chi connectivity index (χ4v) is 10.7. The molecule has 1 aliphatic carbocycles. The van der Waals surface area contributed by atoms with Crippen LogP contribution in [0.4, 0.5) is 17.1 Å². The smallest absolute Gasteiger partial charge is 0.252 e. The van der Waals surface area contributed by atoms with Gasteiger partial charge in [0.1, 0.15) is 0 Å². The summed E-state index contributed by atoms with van der Waals surface area (Å²) >= 11 is 0. The molecule has 0 unspecified atom stereocenters. The molecule has 6 aromatic carbocycles. The van der Waals surface area contributed by atoms with E-state index < -0.39 is 0 Å². The van der Waals surface area contributed by atoms with Crippen molar-refractivity contribution in [1.29, 1.82) is 0 Å². The van der Waals surface area contributed by atoms with Crippen molar-refractivity contribution in [3.63, 3.8) is 0 Å². The predicted molar refractivity (Wildman–Crippen MR) is 260 cm³/mol. The highest BCUT2D eigenvalue weighted by Crippen LogP contribution is 2.55. The van der Waals surface area contributed by atoms with Crippen LogP contribution < -0.4 is 21.3 Å². The predicted octanol–water partition coefficient (Wildman–Crippen LogP) is 13.4. The largest absolute Gasteiger partial charge is 0.313 e. The Morgan fingerprint density at radius 3 is 1.70 bits per heavy atom. The Labute approximate surface area is 359 Å². The molecule has 0 amide bonds. The van der Waals surface area contributed by atoms with Crippen LogP contribution in [0.15, 0.2) is 115 Å². The Bertz CT molecular complexity index is 2930. The number of anilines is 3. The Hall–Kier alpha value is -5.28. The third-order valence-corrected chi connectivity index (χ3v) is 14.1. The van der Waals surface area contributed by atoms with Crippen LogP contribution in [0, 0.1) is 0 Å². The monoisotopic (exact) mass is 784 g/mol. The molecule has 10 rings (SSSR count). The van der Waals surface area contributed by atoms with Crippen molar-refractivity contribution in [3.8, 4) is 27.9 Å². The zero-order valence-corrected chi connectivity index (χ0v) is 38.4. The van der Waals surface area contributed by atoms with Gasteiger partial charge in [-0.3, -0.25) is 0 Å². The average Bonchev–Trinajstić information content (AvgIpc) is 3.65. The number of rotatable bonds is 2. The van der Waals surface area contributed by atoms with E-state index in [1.807, 2.05) is 0 Å². The molecule has 2 nitrogen and oxygen atoms in total. The SMILES string of the molecule is CC(C)(C)c1ccc(N2c3cc(C(C)(C)C)ccc3B3c4c2cc(C(C)(C)C)cc4-n2c4c(c5cc(C(C)(C)C)cc3c52)-c2ccccc2C4(C)C)c(-c2ccccc2)c1. The molecule has 0 radical (unpaired) electrons. The zero-order valence-electron chi connectivity index (χ0n) is 38.4. The van der Waals surface area contributed by atoms with E-state index in [2.05, 4.69) is 222 Å². The summed E-state index contributed by atoms with van der Waals surface area (Å²) in [6.45, 7) is 33.3. The van der Waals surface area contributed by atoms with Crippen LogP contribution in [0.2, 0.25) is 0 Å². The molecule has 1 aromatic heterocycles. The molecular formula is C57H61BN2. The standard InChI is InChI=1S/C57H61BN2/c1-53(2,3)35-25-27-45(40(28-35)34-20-16-15-17-21-34)59-46-31-36(54(4,5)6)24-26-43(46)58-44-30-37(55(7,8)9)29-41-49-39-22-18-19-23-42(39)57(13,14)52(49)60(51(41)44)48-33-38(56(10,11)12)32-47(59)50(48)58/h15-33H,1-14H3. The van der Waals surface area contributed by atoms with Crippen LogP contribution in [0.5, 0.6) is 0 Å². The fraction of sp³-hybridized carbons (Fsp3) is 0.333. The first-order chi connectivity index (χ1) is 28.1. The Morgan fingerprint density at radius 1 is 0.467 bits per heavy atom. The molecule has 302 valence electrons. The molecule has 0 spiro atoms. The minimum Gasteiger partial charge on any atom is -0.313 e. The molecule has 0 saturated carbocycles. The summed E-state index contributed by atoms with van der Waals surface area (Å²) in [6.07, 6.45) is 0. The first-order valence-electron chi connectivity index (χ1n) is 22.2. The van der Waals surface area contributed by atoms with Crippen LogP contribution in [-0.4, -0.2) is 11.3 Å². The summed E-state index contributed by atoms with van der Waals surface area (Å²) in [5.41, 5.74) is 23.9. The first kappa shape index (κ1) is 38.9. The topological polar surface area (TPSA) is 8.17 Å². The van der Waals surface area contributed by atoms with E-state index >= 15 is 0 Å². The minimum atomic E-state index is -0.196. The summed E-state index contributed by atoms with van der Waals surface area (Å²) in [6, 6.07) is 45.3. The zero-order chi connectivity index (χ0) is 42.6. The molecule has 0 atom stereocenters. The maximum atomic E-state index is 2.74. The highest BCUT2D eigenvalue weighted by atomic mass is 15.2. The fourth-order valence-electron chi connectivity index (χ4n) is 10.7. The second kappa shape index (κ2) is 12.4. The number of hydrogen-bond acceptors (Lipinski definition) is 1. The maximum Gasteiger partial charge on any atom is 0.252 e. The number of nitrogens with zero attached hydrogens (tertiary/aromatic N) is 2. The Balaban J connectivity index is 1.41. The third-order valence-electron chi connectivity index (χ3n) is 14.1. The van der Waals surface area contributed by atoms with Crippen molar-refractivity contribution < 1.29 is 0 Å². The number of hydrogen-bond donors (Lipinski definition) is 0. The van der Waals surface area contributed by atoms with Gasteiger partial charge in [0.2, 0.25) is 0 Å². The Morgan fingerprint density at radius 2 is 1.03 bits per heavy atom. The van der Waals surface area contributed by atoms with Crippen molar-refractivity contribution in [2.75, 3.05) is 4.90 Å². The second-order valence-electron chi connectivity index (χ2n) is 22.8. The summed E-state index contributed by atoms with van der Waals surface area (Å²) in [4.78, 5) is 2.67. The normalized spacial score (nSPS) is 15.2. The van der Waals surface area contributed by atoms with Gasteiger partial charge in [-0.05, 0) is 113 Å². The van der Waals surface area contributed by atoms with Gasteiger partial charge in [0.15, 0.2) is 0 Å². The quantitative estimate of drug-likeness (QED) is 0.159. The van der Waals surface area contributed by atoms with Gasteiger partial charge in [0.05, 0.1) is 5.69 Å². The molecule has 0 saturated heterocycles. The lowest BCUT2D eigenvalue weighted by atomic mass is 9.33. The van der Waals surface area contributed by atoms with Crippen LogP contribution in [-0.2, 0) is 27.1 Å². The summed E-state index contributed by atoms with van der Waals surface area (Å²) < 4.78 is 2.74. The molecule has 3 heteroatoms. The van der Waals surface area contributed by atoms with Crippen molar-refractivity contribution in [2.24, 2.45) is 0 Å². The van der Waals surface area contributed by atoms with Crippen LogP contribution >= 0.6 is 0 Å². The number of fused-ring (bicyclic) bond motifs is 9. The van der Waals surface area contributed by atoms with Gasteiger partial charge in [-0.2, -0.15) is 0 Å². The van der Waals surface area contributed by atoms with Gasteiger partial charge in [0.25, 0.3) is 6.71 Å². The molecule has 0 N–H and O–H groups in total. The summed E-state index contributed by atoms with van der Waals surface area (Å²) in [7, 11) is 0. The minimum absolute atomic E-state index is 0.00327. The first-order valence-corrected chi connectivity index (χ1v) is 22.2. The lowest BCUT2D eigenvalue weighted by molar-refractivity contribution is 0.588. The molecule has 0 bridgehead atoms. The average molecular weight is 785 g/mol. The van der Waals surface area contributed by atoms with E-state index in [0.717, 1.165) is 0 Å². The lowest BCUT2D eigenvalue weighted by Gasteiger charge is -2.43. The number of aromatic nitrogens is 1. The van der Waals surface area contributed by atoms with Crippen molar-refractivity contribution in [3.05, 3.63) is 149 Å². The van der Waals surface area contributed by atoms with E-state index in [1.54, 1.807) is 0 Å². The van der Waals surface area contributed by atoms with Crippen molar-refractivity contribution in [1.82, 2.24) is 4.57 Å². The molecule has 3 heterocycles. The Kier molecular flexibility index (Phi) is 8.04. The second-order valence-corrected chi connectivity index (χ2v) is 22.8. The number of benzene rings is 6. The lowest BCUT2D eigenvalue weighted by Crippen LogP contribution is -2.61. The van der Waals surface area contributed by atoms with Gasteiger partial charge in [0, 0.05) is 50.2 Å². The molecule has 3 aliphatic rings. The van der Waals surface area contributed by atoms with E-state index in [1.165, 1.54) is 106 Å². The van der Waals surface area contributed by atoms with Crippen LogP contribution in [0.1, 0.15) is 130 Å². The van der Waals surface area contributed by atoms with Crippen molar-refractivity contribution in [2.45, 2.75) is 124 Å². The third kappa shape index (κ3) is 5.53. The summed E-state index contributed by atoms with van der Waals surface area (Å²) in [5, 5.41) is 1.39. The van der Waals surface area contributed by atoms with Gasteiger partial charge in [-0.25, -0.2) is 0 Å². The molecule has 7 aromatic rings. The van der Waals surface area contributed by atoms with E-state index in [0.29, 0.717) is 0 Å². The van der Waals surface area contributed by atoms with Crippen LogP contribution in [0.25, 0.3) is 38.8 Å². The maximum absolute atomic E-state index is 2.74. The highest BCUT2D eigenvalue weighted by Gasteiger charge is 2.48. The molecular weight excluding hydrogens is 723 g/mol. The van der Waals surface area contributed by atoms with E-state index in [-0.39, 0.29) is 33.8 Å². The van der Waals surface area contributed by atoms with Crippen molar-refractivity contribution >= 4 is 51.1 Å².